The molecule has 1 saturated carbocycles. The molecule has 3 rings (SSSR count). The molecule has 1 aromatic carbocycles. The van der Waals surface area contributed by atoms with Crippen molar-refractivity contribution in [2.24, 2.45) is 11.8 Å². The Bertz CT molecular complexity index is 704. The molecule has 146 valence electrons. The molecule has 4 unspecified atom stereocenters. The van der Waals surface area contributed by atoms with Crippen molar-refractivity contribution in [1.82, 2.24) is 10.6 Å². The Morgan fingerprint density at radius 2 is 2.04 bits per heavy atom. The first-order valence-electron chi connectivity index (χ1n) is 9.78. The second kappa shape index (κ2) is 8.50. The van der Waals surface area contributed by atoms with E-state index in [2.05, 4.69) is 17.6 Å². The molecule has 0 aromatic heterocycles. The van der Waals surface area contributed by atoms with Crippen LogP contribution in [0.25, 0.3) is 0 Å². The van der Waals surface area contributed by atoms with E-state index < -0.39 is 4.92 Å². The van der Waals surface area contributed by atoms with Gasteiger partial charge in [0.1, 0.15) is 0 Å². The predicted molar refractivity (Wildman–Crippen MR) is 101 cm³/mol. The number of piperidine rings is 1. The van der Waals surface area contributed by atoms with Gasteiger partial charge in [0.05, 0.1) is 11.3 Å². The van der Waals surface area contributed by atoms with Crippen molar-refractivity contribution < 1.29 is 14.5 Å². The van der Waals surface area contributed by atoms with Crippen molar-refractivity contribution in [2.75, 3.05) is 0 Å². The van der Waals surface area contributed by atoms with Gasteiger partial charge in [0.25, 0.3) is 5.69 Å². The van der Waals surface area contributed by atoms with E-state index in [0.29, 0.717) is 18.3 Å². The number of carbonyl (C=O) groups is 2. The zero-order chi connectivity index (χ0) is 19.4. The fraction of sp³-hybridized carbons (Fsp3) is 0.600. The van der Waals surface area contributed by atoms with Crippen LogP contribution in [0.3, 0.4) is 0 Å². The van der Waals surface area contributed by atoms with Crippen LogP contribution in [0.15, 0.2) is 24.3 Å². The Hall–Kier alpha value is -2.44. The minimum absolute atomic E-state index is 0.0205. The molecule has 1 aliphatic heterocycles. The predicted octanol–water partition coefficient (Wildman–Crippen LogP) is 2.73. The molecular formula is C20H27N3O4. The topological polar surface area (TPSA) is 101 Å². The number of hydrogen-bond acceptors (Lipinski definition) is 4. The molecule has 2 aliphatic rings. The second-order valence-electron chi connectivity index (χ2n) is 7.77. The van der Waals surface area contributed by atoms with E-state index in [0.717, 1.165) is 37.7 Å². The van der Waals surface area contributed by atoms with Gasteiger partial charge in [-0.05, 0) is 43.1 Å². The molecule has 2 N–H and O–H groups in total. The number of hydrogen-bond donors (Lipinski definition) is 2. The monoisotopic (exact) mass is 373 g/mol. The molecule has 1 aliphatic carbocycles. The lowest BCUT2D eigenvalue weighted by Crippen LogP contribution is -2.55. The summed E-state index contributed by atoms with van der Waals surface area (Å²) in [4.78, 5) is 34.6. The molecule has 1 saturated heterocycles. The summed E-state index contributed by atoms with van der Waals surface area (Å²) in [5.41, 5.74) is 0.771. The number of nitro benzene ring substituents is 1. The average Bonchev–Trinajstić information content (AvgIpc) is 2.62. The third kappa shape index (κ3) is 4.84. The first-order valence-corrected chi connectivity index (χ1v) is 9.78. The maximum atomic E-state index is 12.4. The maximum Gasteiger partial charge on any atom is 0.269 e. The summed E-state index contributed by atoms with van der Waals surface area (Å²) in [7, 11) is 0. The van der Waals surface area contributed by atoms with Gasteiger partial charge in [-0.15, -0.1) is 0 Å². The van der Waals surface area contributed by atoms with Crippen LogP contribution in [0.1, 0.15) is 51.0 Å². The normalized spacial score (nSPS) is 27.4. The Kier molecular flexibility index (Phi) is 6.08. The summed E-state index contributed by atoms with van der Waals surface area (Å²) >= 11 is 0. The van der Waals surface area contributed by atoms with Crippen LogP contribution in [0, 0.1) is 22.0 Å². The van der Waals surface area contributed by atoms with Gasteiger partial charge in [-0.1, -0.05) is 25.5 Å². The van der Waals surface area contributed by atoms with Crippen LogP contribution in [0.2, 0.25) is 0 Å². The van der Waals surface area contributed by atoms with Gasteiger partial charge in [0.2, 0.25) is 11.8 Å². The van der Waals surface area contributed by atoms with Crippen molar-refractivity contribution in [3.05, 3.63) is 39.9 Å². The van der Waals surface area contributed by atoms with E-state index in [-0.39, 0.29) is 36.0 Å². The van der Waals surface area contributed by atoms with Gasteiger partial charge in [0.15, 0.2) is 0 Å². The minimum Gasteiger partial charge on any atom is -0.353 e. The number of amides is 2. The number of nitro groups is 1. The lowest BCUT2D eigenvalue weighted by molar-refractivity contribution is -0.384. The van der Waals surface area contributed by atoms with Crippen LogP contribution in [-0.4, -0.2) is 28.8 Å². The van der Waals surface area contributed by atoms with Crippen LogP contribution < -0.4 is 10.6 Å². The Morgan fingerprint density at radius 3 is 2.70 bits per heavy atom. The summed E-state index contributed by atoms with van der Waals surface area (Å²) in [6.07, 6.45) is 5.76. The summed E-state index contributed by atoms with van der Waals surface area (Å²) < 4.78 is 0. The Morgan fingerprint density at radius 1 is 1.30 bits per heavy atom. The van der Waals surface area contributed by atoms with Crippen molar-refractivity contribution in [1.29, 1.82) is 0 Å². The fourth-order valence-corrected chi connectivity index (χ4v) is 4.60. The molecule has 0 radical (unpaired) electrons. The lowest BCUT2D eigenvalue weighted by Gasteiger charge is -2.44. The summed E-state index contributed by atoms with van der Waals surface area (Å²) in [6.45, 7) is 2.16. The van der Waals surface area contributed by atoms with Crippen molar-refractivity contribution in [3.8, 4) is 0 Å². The number of non-ortho nitro benzene ring substituents is 1. The highest BCUT2D eigenvalue weighted by Crippen LogP contribution is 2.37. The number of benzene rings is 1. The van der Waals surface area contributed by atoms with Crippen molar-refractivity contribution in [2.45, 2.75) is 64.0 Å². The summed E-state index contributed by atoms with van der Waals surface area (Å²) in [5, 5.41) is 16.9. The lowest BCUT2D eigenvalue weighted by atomic mass is 9.70. The van der Waals surface area contributed by atoms with Crippen molar-refractivity contribution in [3.63, 3.8) is 0 Å². The van der Waals surface area contributed by atoms with Gasteiger partial charge >= 0.3 is 0 Å². The minimum atomic E-state index is -0.452. The van der Waals surface area contributed by atoms with Gasteiger partial charge < -0.3 is 10.6 Å². The number of nitrogens with one attached hydrogen (secondary N) is 2. The number of fused-ring (bicyclic) bond motifs is 1. The number of nitrogens with zero attached hydrogens (tertiary/aromatic N) is 1. The van der Waals surface area contributed by atoms with Crippen LogP contribution >= 0.6 is 0 Å². The number of carbonyl (C=O) groups excluding carboxylic acids is 2. The molecule has 1 heterocycles. The van der Waals surface area contributed by atoms with E-state index in [9.17, 15) is 19.7 Å². The zero-order valence-corrected chi connectivity index (χ0v) is 15.6. The molecular weight excluding hydrogens is 346 g/mol. The molecule has 7 nitrogen and oxygen atoms in total. The van der Waals surface area contributed by atoms with Crippen LogP contribution in [0.5, 0.6) is 0 Å². The largest absolute Gasteiger partial charge is 0.353 e. The molecule has 2 amide bonds. The quantitative estimate of drug-likeness (QED) is 0.591. The summed E-state index contributed by atoms with van der Waals surface area (Å²) in [6, 6.07) is 6.29. The van der Waals surface area contributed by atoms with E-state index in [1.54, 1.807) is 12.1 Å². The highest BCUT2D eigenvalue weighted by molar-refractivity contribution is 5.79. The smallest absolute Gasteiger partial charge is 0.269 e. The van der Waals surface area contributed by atoms with Crippen LogP contribution in [0.4, 0.5) is 5.69 Å². The maximum absolute atomic E-state index is 12.4. The summed E-state index contributed by atoms with van der Waals surface area (Å²) in [5.74, 6) is 1.03. The highest BCUT2D eigenvalue weighted by Gasteiger charge is 2.40. The van der Waals surface area contributed by atoms with Gasteiger partial charge in [-0.3, -0.25) is 19.7 Å². The molecule has 7 heteroatoms. The van der Waals surface area contributed by atoms with E-state index in [4.69, 9.17) is 0 Å². The molecule has 0 spiro atoms. The zero-order valence-electron chi connectivity index (χ0n) is 15.6. The van der Waals surface area contributed by atoms with Gasteiger partial charge in [-0.2, -0.15) is 0 Å². The number of rotatable bonds is 6. The van der Waals surface area contributed by atoms with Gasteiger partial charge in [0, 0.05) is 30.6 Å². The first kappa shape index (κ1) is 19.3. The molecule has 1 aromatic rings. The fourth-order valence-electron chi connectivity index (χ4n) is 4.60. The highest BCUT2D eigenvalue weighted by atomic mass is 16.6. The molecule has 2 fully saturated rings. The SMILES string of the molecule is CCCC1CC(=O)NC2CC(NC(=O)Cc3ccc([N+](=O)[O-])cc3)CCC12. The van der Waals surface area contributed by atoms with Crippen LogP contribution in [-0.2, 0) is 16.0 Å². The van der Waals surface area contributed by atoms with E-state index >= 15 is 0 Å². The molecule has 0 bridgehead atoms. The van der Waals surface area contributed by atoms with Gasteiger partial charge in [-0.25, -0.2) is 0 Å². The second-order valence-corrected chi connectivity index (χ2v) is 7.77. The Balaban J connectivity index is 1.53. The molecule has 4 atom stereocenters. The average molecular weight is 373 g/mol. The third-order valence-electron chi connectivity index (χ3n) is 5.84. The van der Waals surface area contributed by atoms with Crippen molar-refractivity contribution >= 4 is 17.5 Å². The standard InChI is InChI=1S/C20H27N3O4/c1-2-3-14-11-20(25)22-18-12-15(6-9-17(14)18)21-19(24)10-13-4-7-16(8-5-13)23(26)27/h4-5,7-8,14-15,17-18H,2-3,6,9-12H2,1H3,(H,21,24)(H,22,25). The third-order valence-corrected chi connectivity index (χ3v) is 5.84. The van der Waals surface area contributed by atoms with E-state index in [1.807, 2.05) is 0 Å². The Labute approximate surface area is 159 Å². The van der Waals surface area contributed by atoms with E-state index in [1.165, 1.54) is 12.1 Å². The molecule has 27 heavy (non-hydrogen) atoms. The first-order chi connectivity index (χ1) is 13.0.